The van der Waals surface area contributed by atoms with E-state index in [-0.39, 0.29) is 5.91 Å². The van der Waals surface area contributed by atoms with Crippen molar-refractivity contribution >= 4 is 44.1 Å². The van der Waals surface area contributed by atoms with Crippen molar-refractivity contribution in [1.82, 2.24) is 9.97 Å². The number of carbonyl (C=O) groups is 1. The van der Waals surface area contributed by atoms with Gasteiger partial charge < -0.3 is 5.32 Å². The van der Waals surface area contributed by atoms with Crippen LogP contribution in [0.1, 0.15) is 24.3 Å². The maximum atomic E-state index is 12.3. The lowest BCUT2D eigenvalue weighted by molar-refractivity contribution is -0.116. The molecule has 0 saturated carbocycles. The predicted molar refractivity (Wildman–Crippen MR) is 108 cm³/mol. The van der Waals surface area contributed by atoms with Gasteiger partial charge in [-0.3, -0.25) is 9.78 Å². The van der Waals surface area contributed by atoms with E-state index in [1.165, 1.54) is 4.70 Å². The Kier molecular flexibility index (Phi) is 4.88. The second-order valence-electron chi connectivity index (χ2n) is 6.21. The summed E-state index contributed by atoms with van der Waals surface area (Å²) in [5.74, 6) is 0.0347. The van der Waals surface area contributed by atoms with Crippen LogP contribution in [0.4, 0.5) is 5.69 Å². The third kappa shape index (κ3) is 3.73. The van der Waals surface area contributed by atoms with Crippen LogP contribution in [0.3, 0.4) is 0 Å². The molecule has 2 aromatic heterocycles. The summed E-state index contributed by atoms with van der Waals surface area (Å²) in [6.45, 7) is 0. The van der Waals surface area contributed by atoms with Crippen molar-refractivity contribution in [3.05, 3.63) is 65.8 Å². The van der Waals surface area contributed by atoms with Crippen LogP contribution in [0.25, 0.3) is 21.1 Å². The average molecular weight is 361 g/mol. The number of pyridine rings is 1. The molecule has 4 aromatic rings. The molecular weight excluding hydrogens is 342 g/mol. The number of para-hydroxylation sites is 2. The van der Waals surface area contributed by atoms with Crippen LogP contribution in [-0.4, -0.2) is 15.9 Å². The zero-order chi connectivity index (χ0) is 17.8. The number of carbonyl (C=O) groups excluding carboxylic acids is 1. The average Bonchev–Trinajstić information content (AvgIpc) is 3.08. The highest BCUT2D eigenvalue weighted by Crippen LogP contribution is 2.23. The Bertz CT molecular complexity index is 1020. The van der Waals surface area contributed by atoms with Gasteiger partial charge in [0.25, 0.3) is 0 Å². The summed E-state index contributed by atoms with van der Waals surface area (Å²) in [5.41, 5.74) is 2.67. The Hall–Kier alpha value is -2.79. The predicted octanol–water partition coefficient (Wildman–Crippen LogP) is 5.20. The molecule has 0 saturated heterocycles. The third-order valence-corrected chi connectivity index (χ3v) is 5.39. The molecule has 130 valence electrons. The van der Waals surface area contributed by atoms with Gasteiger partial charge in [0.15, 0.2) is 0 Å². The summed E-state index contributed by atoms with van der Waals surface area (Å²) in [5, 5.41) is 5.16. The number of hydrogen-bond acceptors (Lipinski definition) is 4. The minimum absolute atomic E-state index is 0.0347. The van der Waals surface area contributed by atoms with E-state index >= 15 is 0 Å². The van der Waals surface area contributed by atoms with Gasteiger partial charge in [-0.25, -0.2) is 4.98 Å². The van der Waals surface area contributed by atoms with Crippen LogP contribution in [0.15, 0.2) is 60.8 Å². The number of aromatic nitrogens is 2. The van der Waals surface area contributed by atoms with Gasteiger partial charge in [0.05, 0.1) is 26.4 Å². The topological polar surface area (TPSA) is 54.9 Å². The fourth-order valence-corrected chi connectivity index (χ4v) is 4.02. The van der Waals surface area contributed by atoms with E-state index in [2.05, 4.69) is 21.4 Å². The smallest absolute Gasteiger partial charge is 0.224 e. The largest absolute Gasteiger partial charge is 0.324 e. The number of unbranched alkanes of at least 4 members (excludes halogenated alkanes) is 1. The molecule has 0 bridgehead atoms. The zero-order valence-electron chi connectivity index (χ0n) is 14.3. The monoisotopic (exact) mass is 361 g/mol. The maximum Gasteiger partial charge on any atom is 0.224 e. The van der Waals surface area contributed by atoms with E-state index in [1.54, 1.807) is 17.5 Å². The van der Waals surface area contributed by atoms with Gasteiger partial charge in [-0.2, -0.15) is 0 Å². The van der Waals surface area contributed by atoms with Crippen LogP contribution in [-0.2, 0) is 11.2 Å². The summed E-state index contributed by atoms with van der Waals surface area (Å²) in [6.07, 6.45) is 4.98. The molecule has 0 fully saturated rings. The van der Waals surface area contributed by atoms with Crippen LogP contribution in [0, 0.1) is 0 Å². The Labute approximate surface area is 155 Å². The van der Waals surface area contributed by atoms with Gasteiger partial charge in [0.2, 0.25) is 5.91 Å². The number of rotatable bonds is 6. The first-order valence-corrected chi connectivity index (χ1v) is 9.59. The fraction of sp³-hybridized carbons (Fsp3) is 0.190. The lowest BCUT2D eigenvalue weighted by Gasteiger charge is -2.07. The number of anilines is 1. The summed E-state index contributed by atoms with van der Waals surface area (Å²) in [4.78, 5) is 21.3. The van der Waals surface area contributed by atoms with E-state index in [9.17, 15) is 4.79 Å². The highest BCUT2D eigenvalue weighted by Gasteiger charge is 2.07. The van der Waals surface area contributed by atoms with Crippen molar-refractivity contribution in [3.63, 3.8) is 0 Å². The highest BCUT2D eigenvalue weighted by molar-refractivity contribution is 7.18. The van der Waals surface area contributed by atoms with Crippen molar-refractivity contribution in [1.29, 1.82) is 0 Å². The molecule has 26 heavy (non-hydrogen) atoms. The molecule has 4 nitrogen and oxygen atoms in total. The standard InChI is InChI=1S/C21H19N3OS/c25-19(23-17-10-5-7-15-8-6-14-22-21(15)17)12-3-4-13-20-24-16-9-1-2-11-18(16)26-20/h1-2,5-11,14H,3-4,12-13H2,(H,23,25). The fourth-order valence-electron chi connectivity index (χ4n) is 3.01. The van der Waals surface area contributed by atoms with Crippen molar-refractivity contribution < 1.29 is 4.79 Å². The third-order valence-electron chi connectivity index (χ3n) is 4.29. The van der Waals surface area contributed by atoms with Gasteiger partial charge in [-0.05, 0) is 43.5 Å². The number of amides is 1. The molecule has 2 heterocycles. The van der Waals surface area contributed by atoms with Crippen molar-refractivity contribution in [2.45, 2.75) is 25.7 Å². The molecule has 4 rings (SSSR count). The molecule has 5 heteroatoms. The van der Waals surface area contributed by atoms with E-state index in [4.69, 9.17) is 0 Å². The van der Waals surface area contributed by atoms with Crippen LogP contribution >= 0.6 is 11.3 Å². The molecule has 1 amide bonds. The van der Waals surface area contributed by atoms with Crippen molar-refractivity contribution in [3.8, 4) is 0 Å². The van der Waals surface area contributed by atoms with Crippen molar-refractivity contribution in [2.24, 2.45) is 0 Å². The van der Waals surface area contributed by atoms with Gasteiger partial charge >= 0.3 is 0 Å². The lowest BCUT2D eigenvalue weighted by Crippen LogP contribution is -2.11. The SMILES string of the molecule is O=C(CCCCc1nc2ccccc2s1)Nc1cccc2cccnc12. The minimum atomic E-state index is 0.0347. The number of nitrogens with one attached hydrogen (secondary N) is 1. The Morgan fingerprint density at radius 2 is 1.88 bits per heavy atom. The second kappa shape index (κ2) is 7.62. The van der Waals surface area contributed by atoms with Crippen LogP contribution < -0.4 is 5.32 Å². The number of benzene rings is 2. The second-order valence-corrected chi connectivity index (χ2v) is 7.33. The van der Waals surface area contributed by atoms with E-state index in [0.717, 1.165) is 46.4 Å². The Morgan fingerprint density at radius 3 is 2.81 bits per heavy atom. The maximum absolute atomic E-state index is 12.3. The van der Waals surface area contributed by atoms with Gasteiger partial charge in [0, 0.05) is 18.0 Å². The summed E-state index contributed by atoms with van der Waals surface area (Å²) in [7, 11) is 0. The molecule has 0 atom stereocenters. The van der Waals surface area contributed by atoms with E-state index in [1.807, 2.05) is 48.5 Å². The summed E-state index contributed by atoms with van der Waals surface area (Å²) >= 11 is 1.74. The molecule has 1 N–H and O–H groups in total. The van der Waals surface area contributed by atoms with Crippen LogP contribution in [0.2, 0.25) is 0 Å². The molecule has 0 unspecified atom stereocenters. The van der Waals surface area contributed by atoms with Crippen LogP contribution in [0.5, 0.6) is 0 Å². The highest BCUT2D eigenvalue weighted by atomic mass is 32.1. The number of fused-ring (bicyclic) bond motifs is 2. The molecule has 2 aromatic carbocycles. The Morgan fingerprint density at radius 1 is 1.00 bits per heavy atom. The number of aryl methyl sites for hydroxylation is 1. The molecule has 0 aliphatic heterocycles. The molecule has 0 radical (unpaired) electrons. The van der Waals surface area contributed by atoms with E-state index < -0.39 is 0 Å². The number of nitrogens with zero attached hydrogens (tertiary/aromatic N) is 2. The normalized spacial score (nSPS) is 11.1. The molecular formula is C21H19N3OS. The number of hydrogen-bond donors (Lipinski definition) is 1. The first-order chi connectivity index (χ1) is 12.8. The van der Waals surface area contributed by atoms with E-state index in [0.29, 0.717) is 6.42 Å². The lowest BCUT2D eigenvalue weighted by atomic mass is 10.1. The molecule has 0 aliphatic rings. The molecule has 0 spiro atoms. The summed E-state index contributed by atoms with van der Waals surface area (Å²) in [6, 6.07) is 17.9. The summed E-state index contributed by atoms with van der Waals surface area (Å²) < 4.78 is 1.23. The quantitative estimate of drug-likeness (QED) is 0.481. The van der Waals surface area contributed by atoms with Crippen molar-refractivity contribution in [2.75, 3.05) is 5.32 Å². The first kappa shape index (κ1) is 16.7. The van der Waals surface area contributed by atoms with Gasteiger partial charge in [0.1, 0.15) is 0 Å². The van der Waals surface area contributed by atoms with Gasteiger partial charge in [-0.1, -0.05) is 30.3 Å². The molecule has 0 aliphatic carbocycles. The first-order valence-electron chi connectivity index (χ1n) is 8.78. The minimum Gasteiger partial charge on any atom is -0.324 e. The zero-order valence-corrected chi connectivity index (χ0v) is 15.1. The number of thiazole rings is 1. The Balaban J connectivity index is 1.30. The van der Waals surface area contributed by atoms with Gasteiger partial charge in [-0.15, -0.1) is 11.3 Å².